The predicted octanol–water partition coefficient (Wildman–Crippen LogP) is 2.87. The van der Waals surface area contributed by atoms with Crippen LogP contribution >= 0.6 is 15.9 Å². The summed E-state index contributed by atoms with van der Waals surface area (Å²) >= 11 is 3.47. The third kappa shape index (κ3) is 2.94. The molecular weight excluding hydrogens is 242 g/mol. The number of halogens is 1. The molecule has 4 heteroatoms. The van der Waals surface area contributed by atoms with Crippen LogP contribution in [0.5, 0.6) is 0 Å². The molecule has 0 N–H and O–H groups in total. The molecule has 0 aliphatic carbocycles. The number of anilines is 1. The molecule has 0 aliphatic heterocycles. The highest BCUT2D eigenvalue weighted by atomic mass is 79.9. The fourth-order valence-electron chi connectivity index (χ4n) is 1.40. The molecule has 0 saturated carbocycles. The topological polar surface area (TPSA) is 29.0 Å². The van der Waals surface area contributed by atoms with Crippen LogP contribution in [-0.2, 0) is 0 Å². The molecule has 0 fully saturated rings. The van der Waals surface area contributed by atoms with Crippen LogP contribution in [0.4, 0.5) is 5.82 Å². The van der Waals surface area contributed by atoms with Gasteiger partial charge in [-0.3, -0.25) is 0 Å². The summed E-state index contributed by atoms with van der Waals surface area (Å²) in [6.45, 7) is 6.45. The van der Waals surface area contributed by atoms with Gasteiger partial charge in [0, 0.05) is 19.3 Å². The van der Waals surface area contributed by atoms with Crippen molar-refractivity contribution in [3.63, 3.8) is 0 Å². The smallest absolute Gasteiger partial charge is 0.146 e. The first kappa shape index (κ1) is 11.4. The van der Waals surface area contributed by atoms with Crippen LogP contribution < -0.4 is 4.90 Å². The molecule has 3 nitrogen and oxygen atoms in total. The molecule has 1 aromatic rings. The number of aromatic nitrogens is 2. The Bertz CT molecular complexity index is 272. The van der Waals surface area contributed by atoms with Gasteiger partial charge in [-0.25, -0.2) is 9.97 Å². The van der Waals surface area contributed by atoms with E-state index in [0.29, 0.717) is 0 Å². The second-order valence-electron chi connectivity index (χ2n) is 3.18. The normalized spacial score (nSPS) is 10.2. The maximum atomic E-state index is 4.28. The van der Waals surface area contributed by atoms with Crippen molar-refractivity contribution in [1.82, 2.24) is 9.97 Å². The van der Waals surface area contributed by atoms with Gasteiger partial charge in [0.05, 0.1) is 4.47 Å². The predicted molar refractivity (Wildman–Crippen MR) is 62.5 cm³/mol. The Labute approximate surface area is 93.7 Å². The molecule has 0 spiro atoms. The van der Waals surface area contributed by atoms with E-state index in [9.17, 15) is 0 Å². The van der Waals surface area contributed by atoms with Gasteiger partial charge in [0.25, 0.3) is 0 Å². The zero-order chi connectivity index (χ0) is 10.4. The zero-order valence-corrected chi connectivity index (χ0v) is 10.3. The molecule has 0 atom stereocenters. The van der Waals surface area contributed by atoms with Crippen LogP contribution in [0, 0.1) is 0 Å². The lowest BCUT2D eigenvalue weighted by atomic mass is 10.3. The van der Waals surface area contributed by atoms with Gasteiger partial charge in [-0.2, -0.15) is 0 Å². The first-order valence-corrected chi connectivity index (χ1v) is 5.79. The summed E-state index contributed by atoms with van der Waals surface area (Å²) < 4.78 is 0.974. The van der Waals surface area contributed by atoms with Gasteiger partial charge < -0.3 is 4.90 Å². The molecule has 0 aromatic carbocycles. The molecule has 0 bridgehead atoms. The van der Waals surface area contributed by atoms with E-state index in [2.05, 4.69) is 44.6 Å². The average Bonchev–Trinajstić information content (AvgIpc) is 2.18. The minimum atomic E-state index is 0.974. The second kappa shape index (κ2) is 5.96. The Morgan fingerprint density at radius 3 is 2.43 bits per heavy atom. The lowest BCUT2D eigenvalue weighted by Gasteiger charge is -2.23. The SMILES string of the molecule is CCCN(CCC)c1ncncc1Br. The summed E-state index contributed by atoms with van der Waals surface area (Å²) in [6.07, 6.45) is 5.66. The van der Waals surface area contributed by atoms with Crippen molar-refractivity contribution in [2.45, 2.75) is 26.7 Å². The number of nitrogens with zero attached hydrogens (tertiary/aromatic N) is 3. The molecule has 1 aromatic heterocycles. The van der Waals surface area contributed by atoms with E-state index in [4.69, 9.17) is 0 Å². The van der Waals surface area contributed by atoms with E-state index in [-0.39, 0.29) is 0 Å². The maximum absolute atomic E-state index is 4.28. The Morgan fingerprint density at radius 2 is 1.93 bits per heavy atom. The van der Waals surface area contributed by atoms with Crippen molar-refractivity contribution in [1.29, 1.82) is 0 Å². The van der Waals surface area contributed by atoms with E-state index < -0.39 is 0 Å². The molecule has 78 valence electrons. The highest BCUT2D eigenvalue weighted by Gasteiger charge is 2.09. The largest absolute Gasteiger partial charge is 0.356 e. The average molecular weight is 258 g/mol. The molecule has 0 amide bonds. The van der Waals surface area contributed by atoms with Crippen LogP contribution in [0.1, 0.15) is 26.7 Å². The fourth-order valence-corrected chi connectivity index (χ4v) is 1.87. The van der Waals surface area contributed by atoms with E-state index in [1.165, 1.54) is 0 Å². The summed E-state index contributed by atoms with van der Waals surface area (Å²) in [5.41, 5.74) is 0. The summed E-state index contributed by atoms with van der Waals surface area (Å²) in [5, 5.41) is 0. The number of hydrogen-bond acceptors (Lipinski definition) is 3. The van der Waals surface area contributed by atoms with Crippen molar-refractivity contribution in [3.05, 3.63) is 17.0 Å². The molecule has 1 rings (SSSR count). The van der Waals surface area contributed by atoms with Crippen molar-refractivity contribution in [2.24, 2.45) is 0 Å². The molecule has 0 saturated heterocycles. The van der Waals surface area contributed by atoms with Crippen LogP contribution in [0.25, 0.3) is 0 Å². The number of rotatable bonds is 5. The molecule has 0 aliphatic rings. The lowest BCUT2D eigenvalue weighted by Crippen LogP contribution is -2.26. The fraction of sp³-hybridized carbons (Fsp3) is 0.600. The zero-order valence-electron chi connectivity index (χ0n) is 8.70. The van der Waals surface area contributed by atoms with Gasteiger partial charge in [-0.15, -0.1) is 0 Å². The lowest BCUT2D eigenvalue weighted by molar-refractivity contribution is 0.730. The first-order chi connectivity index (χ1) is 6.79. The Hall–Kier alpha value is -0.640. The van der Waals surface area contributed by atoms with Crippen LogP contribution in [-0.4, -0.2) is 23.1 Å². The van der Waals surface area contributed by atoms with Gasteiger partial charge in [-0.05, 0) is 28.8 Å². The summed E-state index contributed by atoms with van der Waals surface area (Å²) in [7, 11) is 0. The highest BCUT2D eigenvalue weighted by molar-refractivity contribution is 9.10. The third-order valence-electron chi connectivity index (χ3n) is 1.93. The van der Waals surface area contributed by atoms with Crippen molar-refractivity contribution in [2.75, 3.05) is 18.0 Å². The molecule has 0 unspecified atom stereocenters. The Morgan fingerprint density at radius 1 is 1.29 bits per heavy atom. The minimum absolute atomic E-state index is 0.974. The van der Waals surface area contributed by atoms with Crippen LogP contribution in [0.3, 0.4) is 0 Å². The molecule has 0 radical (unpaired) electrons. The van der Waals surface area contributed by atoms with Gasteiger partial charge in [0.15, 0.2) is 0 Å². The van der Waals surface area contributed by atoms with Gasteiger partial charge in [0.2, 0.25) is 0 Å². The second-order valence-corrected chi connectivity index (χ2v) is 4.04. The van der Waals surface area contributed by atoms with Crippen molar-refractivity contribution in [3.8, 4) is 0 Å². The standard InChI is InChI=1S/C10H16BrN3/c1-3-5-14(6-4-2)10-9(11)7-12-8-13-10/h7-8H,3-6H2,1-2H3. The molecular formula is C10H16BrN3. The van der Waals surface area contributed by atoms with E-state index >= 15 is 0 Å². The van der Waals surface area contributed by atoms with Crippen LogP contribution in [0.15, 0.2) is 17.0 Å². The van der Waals surface area contributed by atoms with E-state index in [1.807, 2.05) is 0 Å². The summed E-state index contributed by atoms with van der Waals surface area (Å²) in [4.78, 5) is 10.5. The molecule has 1 heterocycles. The quantitative estimate of drug-likeness (QED) is 0.813. The van der Waals surface area contributed by atoms with Crippen molar-refractivity contribution >= 4 is 21.7 Å². The third-order valence-corrected chi connectivity index (χ3v) is 2.49. The van der Waals surface area contributed by atoms with Gasteiger partial charge in [0.1, 0.15) is 12.1 Å². The summed E-state index contributed by atoms with van der Waals surface area (Å²) in [5.74, 6) is 1.00. The Kier molecular flexibility index (Phi) is 4.87. The van der Waals surface area contributed by atoms with Crippen LogP contribution in [0.2, 0.25) is 0 Å². The highest BCUT2D eigenvalue weighted by Crippen LogP contribution is 2.22. The monoisotopic (exact) mass is 257 g/mol. The van der Waals surface area contributed by atoms with Gasteiger partial charge in [-0.1, -0.05) is 13.8 Å². The minimum Gasteiger partial charge on any atom is -0.356 e. The van der Waals surface area contributed by atoms with E-state index in [0.717, 1.165) is 36.2 Å². The summed E-state index contributed by atoms with van der Waals surface area (Å²) in [6, 6.07) is 0. The Balaban J connectivity index is 2.81. The maximum Gasteiger partial charge on any atom is 0.146 e. The van der Waals surface area contributed by atoms with Gasteiger partial charge >= 0.3 is 0 Å². The number of hydrogen-bond donors (Lipinski definition) is 0. The molecule has 14 heavy (non-hydrogen) atoms. The van der Waals surface area contributed by atoms with Crippen molar-refractivity contribution < 1.29 is 0 Å². The first-order valence-electron chi connectivity index (χ1n) is 5.00. The van der Waals surface area contributed by atoms with E-state index in [1.54, 1.807) is 12.5 Å².